The Hall–Kier alpha value is -1.40. The minimum absolute atomic E-state index is 0.471. The van der Waals surface area contributed by atoms with E-state index in [2.05, 4.69) is 25.6 Å². The van der Waals surface area contributed by atoms with E-state index in [0.717, 1.165) is 24.0 Å². The summed E-state index contributed by atoms with van der Waals surface area (Å²) >= 11 is 0. The number of nitrogens with zero attached hydrogens (tertiary/aromatic N) is 3. The van der Waals surface area contributed by atoms with Crippen LogP contribution >= 0.6 is 0 Å². The van der Waals surface area contributed by atoms with Crippen molar-refractivity contribution < 1.29 is 0 Å². The van der Waals surface area contributed by atoms with Gasteiger partial charge in [0, 0.05) is 24.3 Å². The first-order valence-electron chi connectivity index (χ1n) is 6.56. The van der Waals surface area contributed by atoms with E-state index < -0.39 is 0 Å². The van der Waals surface area contributed by atoms with Crippen molar-refractivity contribution >= 4 is 11.8 Å². The molecule has 0 radical (unpaired) electrons. The maximum atomic E-state index is 5.37. The molecular formula is C12H20N6. The maximum Gasteiger partial charge on any atom is 0.239 e. The number of hydrazine groups is 1. The Morgan fingerprint density at radius 1 is 1.33 bits per heavy atom. The highest BCUT2D eigenvalue weighted by Gasteiger charge is 2.34. The molecule has 4 rings (SSSR count). The third kappa shape index (κ3) is 2.26. The van der Waals surface area contributed by atoms with Gasteiger partial charge in [0.2, 0.25) is 5.95 Å². The number of fused-ring (bicyclic) bond motifs is 3. The summed E-state index contributed by atoms with van der Waals surface area (Å²) in [4.78, 5) is 11.1. The van der Waals surface area contributed by atoms with Gasteiger partial charge in [0.05, 0.1) is 0 Å². The summed E-state index contributed by atoms with van der Waals surface area (Å²) in [5, 5.41) is 3.54. The summed E-state index contributed by atoms with van der Waals surface area (Å²) in [6.07, 6.45) is 2.59. The molecule has 0 aromatic carbocycles. The predicted octanol–water partition coefficient (Wildman–Crippen LogP) is 0.577. The van der Waals surface area contributed by atoms with Gasteiger partial charge in [0.25, 0.3) is 0 Å². The van der Waals surface area contributed by atoms with E-state index in [-0.39, 0.29) is 0 Å². The normalized spacial score (nSPS) is 30.2. The zero-order valence-electron chi connectivity index (χ0n) is 10.7. The third-order valence-corrected chi connectivity index (χ3v) is 3.97. The van der Waals surface area contributed by atoms with Crippen molar-refractivity contribution in [1.29, 1.82) is 0 Å². The van der Waals surface area contributed by atoms with Crippen LogP contribution in [0.4, 0.5) is 11.8 Å². The quantitative estimate of drug-likeness (QED) is 0.536. The second kappa shape index (κ2) is 4.70. The molecule has 98 valence electrons. The van der Waals surface area contributed by atoms with Crippen LogP contribution in [0.1, 0.15) is 18.5 Å². The molecule has 1 atom stereocenters. The van der Waals surface area contributed by atoms with Crippen molar-refractivity contribution in [3.05, 3.63) is 11.8 Å². The number of nitrogens with one attached hydrogen (secondary N) is 2. The fourth-order valence-electron chi connectivity index (χ4n) is 3.03. The van der Waals surface area contributed by atoms with Crippen molar-refractivity contribution in [3.8, 4) is 0 Å². The predicted molar refractivity (Wildman–Crippen MR) is 71.2 cm³/mol. The Balaban J connectivity index is 1.74. The minimum atomic E-state index is 0.471. The fraction of sp³-hybridized carbons (Fsp3) is 0.667. The molecule has 18 heavy (non-hydrogen) atoms. The fourth-order valence-corrected chi connectivity index (χ4v) is 3.03. The molecule has 3 fully saturated rings. The molecule has 6 nitrogen and oxygen atoms in total. The molecule has 2 bridgehead atoms. The molecule has 4 N–H and O–H groups in total. The highest BCUT2D eigenvalue weighted by Crippen LogP contribution is 2.29. The number of anilines is 2. The second-order valence-electron chi connectivity index (χ2n) is 5.25. The molecule has 0 amide bonds. The monoisotopic (exact) mass is 248 g/mol. The Bertz CT molecular complexity index is 427. The van der Waals surface area contributed by atoms with Gasteiger partial charge in [-0.3, -0.25) is 5.43 Å². The molecular weight excluding hydrogens is 228 g/mol. The highest BCUT2D eigenvalue weighted by molar-refractivity contribution is 5.42. The molecule has 1 aromatic rings. The smallest absolute Gasteiger partial charge is 0.239 e. The lowest BCUT2D eigenvalue weighted by Gasteiger charge is -2.45. The number of hydrogen-bond donors (Lipinski definition) is 3. The van der Waals surface area contributed by atoms with Crippen LogP contribution in [0.15, 0.2) is 6.07 Å². The van der Waals surface area contributed by atoms with E-state index >= 15 is 0 Å². The van der Waals surface area contributed by atoms with E-state index in [1.807, 2.05) is 13.0 Å². The Kier molecular flexibility index (Phi) is 3.05. The number of rotatable bonds is 3. The van der Waals surface area contributed by atoms with Gasteiger partial charge in [-0.2, -0.15) is 4.98 Å². The molecule has 0 spiro atoms. The topological polar surface area (TPSA) is 79.1 Å². The molecule has 1 aromatic heterocycles. The Morgan fingerprint density at radius 2 is 2.11 bits per heavy atom. The lowest BCUT2D eigenvalue weighted by Crippen LogP contribution is -2.53. The number of nitrogen functional groups attached to an aromatic ring is 1. The van der Waals surface area contributed by atoms with Gasteiger partial charge in [-0.1, -0.05) is 0 Å². The second-order valence-corrected chi connectivity index (χ2v) is 5.25. The maximum absolute atomic E-state index is 5.37. The number of piperidine rings is 3. The largest absolute Gasteiger partial charge is 0.366 e. The zero-order valence-corrected chi connectivity index (χ0v) is 10.7. The van der Waals surface area contributed by atoms with Gasteiger partial charge in [-0.25, -0.2) is 10.8 Å². The molecule has 0 saturated carbocycles. The summed E-state index contributed by atoms with van der Waals surface area (Å²) in [5.74, 6) is 7.49. The standard InChI is InChI=1S/C12H20N6/c1-8-6-11(16-12(14-8)17-13)15-10-7-18-4-2-9(10)3-5-18/h6,9-10H,2-5,7,13H2,1H3,(H2,14,15,16,17). The van der Waals surface area contributed by atoms with E-state index in [9.17, 15) is 0 Å². The average molecular weight is 248 g/mol. The molecule has 4 heterocycles. The summed E-state index contributed by atoms with van der Waals surface area (Å²) in [5.41, 5.74) is 3.43. The van der Waals surface area contributed by atoms with Gasteiger partial charge < -0.3 is 10.2 Å². The van der Waals surface area contributed by atoms with E-state index in [4.69, 9.17) is 5.84 Å². The molecule has 3 aliphatic rings. The van der Waals surface area contributed by atoms with Gasteiger partial charge in [-0.05, 0) is 38.8 Å². The Labute approximate surface area is 107 Å². The molecule has 0 aliphatic carbocycles. The summed E-state index contributed by atoms with van der Waals surface area (Å²) in [7, 11) is 0. The van der Waals surface area contributed by atoms with Crippen molar-refractivity contribution in [3.63, 3.8) is 0 Å². The van der Waals surface area contributed by atoms with Crippen molar-refractivity contribution in [2.75, 3.05) is 30.4 Å². The SMILES string of the molecule is Cc1cc(NC2CN3CCC2CC3)nc(NN)n1. The molecule has 3 saturated heterocycles. The first-order chi connectivity index (χ1) is 8.74. The van der Waals surface area contributed by atoms with Gasteiger partial charge in [0.1, 0.15) is 5.82 Å². The van der Waals surface area contributed by atoms with Gasteiger partial charge in [-0.15, -0.1) is 0 Å². The van der Waals surface area contributed by atoms with Crippen LogP contribution in [0.3, 0.4) is 0 Å². The summed E-state index contributed by atoms with van der Waals surface area (Å²) < 4.78 is 0. The van der Waals surface area contributed by atoms with Crippen LogP contribution in [0, 0.1) is 12.8 Å². The minimum Gasteiger partial charge on any atom is -0.366 e. The molecule has 1 unspecified atom stereocenters. The third-order valence-electron chi connectivity index (χ3n) is 3.97. The number of aryl methyl sites for hydroxylation is 1. The van der Waals surface area contributed by atoms with Gasteiger partial charge in [0.15, 0.2) is 0 Å². The van der Waals surface area contributed by atoms with Crippen LogP contribution in [0.25, 0.3) is 0 Å². The van der Waals surface area contributed by atoms with Crippen LogP contribution in [0.2, 0.25) is 0 Å². The molecule has 6 heteroatoms. The van der Waals surface area contributed by atoms with Crippen LogP contribution in [0.5, 0.6) is 0 Å². The first kappa shape index (κ1) is 11.7. The zero-order chi connectivity index (χ0) is 12.5. The Morgan fingerprint density at radius 3 is 2.72 bits per heavy atom. The first-order valence-corrected chi connectivity index (χ1v) is 6.56. The van der Waals surface area contributed by atoms with Crippen molar-refractivity contribution in [2.45, 2.75) is 25.8 Å². The number of hydrogen-bond acceptors (Lipinski definition) is 6. The van der Waals surface area contributed by atoms with Gasteiger partial charge >= 0.3 is 0 Å². The van der Waals surface area contributed by atoms with E-state index in [1.165, 1.54) is 25.9 Å². The van der Waals surface area contributed by atoms with E-state index in [1.54, 1.807) is 0 Å². The van der Waals surface area contributed by atoms with Crippen LogP contribution in [-0.4, -0.2) is 40.5 Å². The van der Waals surface area contributed by atoms with Crippen LogP contribution < -0.4 is 16.6 Å². The number of nitrogens with two attached hydrogens (primary N) is 1. The summed E-state index contributed by atoms with van der Waals surface area (Å²) in [6, 6.07) is 2.48. The number of aromatic nitrogens is 2. The lowest BCUT2D eigenvalue weighted by atomic mass is 9.84. The highest BCUT2D eigenvalue weighted by atomic mass is 15.3. The van der Waals surface area contributed by atoms with Crippen molar-refractivity contribution in [1.82, 2.24) is 14.9 Å². The molecule has 3 aliphatic heterocycles. The van der Waals surface area contributed by atoms with Crippen molar-refractivity contribution in [2.24, 2.45) is 11.8 Å². The lowest BCUT2D eigenvalue weighted by molar-refractivity contribution is 0.0974. The summed E-state index contributed by atoms with van der Waals surface area (Å²) in [6.45, 7) is 5.58. The van der Waals surface area contributed by atoms with E-state index in [0.29, 0.717) is 12.0 Å². The van der Waals surface area contributed by atoms with Crippen LogP contribution in [-0.2, 0) is 0 Å². The average Bonchev–Trinajstić information content (AvgIpc) is 2.39.